The Kier molecular flexibility index (Phi) is 6.47. The molecular formula is C23H22N2O4. The number of methoxy groups -OCH3 is 1. The van der Waals surface area contributed by atoms with Gasteiger partial charge in [0.05, 0.1) is 12.8 Å². The molecule has 0 aromatic heterocycles. The minimum absolute atomic E-state index is 0.270. The number of carbonyl (C=O) groups excluding carboxylic acids is 2. The van der Waals surface area contributed by atoms with Gasteiger partial charge in [-0.15, -0.1) is 0 Å². The molecule has 29 heavy (non-hydrogen) atoms. The fraction of sp³-hybridized carbons (Fsp3) is 0.130. The number of rotatable bonds is 7. The Morgan fingerprint density at radius 1 is 0.828 bits per heavy atom. The van der Waals surface area contributed by atoms with Crippen LogP contribution in [0.3, 0.4) is 0 Å². The van der Waals surface area contributed by atoms with Crippen LogP contribution in [0.2, 0.25) is 0 Å². The van der Waals surface area contributed by atoms with E-state index in [0.29, 0.717) is 28.4 Å². The number of ether oxygens (including phenoxy) is 2. The van der Waals surface area contributed by atoms with Crippen LogP contribution in [-0.4, -0.2) is 25.0 Å². The van der Waals surface area contributed by atoms with Crippen molar-refractivity contribution in [3.63, 3.8) is 0 Å². The number of benzene rings is 3. The fourth-order valence-electron chi connectivity index (χ4n) is 2.65. The van der Waals surface area contributed by atoms with Gasteiger partial charge in [-0.1, -0.05) is 30.3 Å². The van der Waals surface area contributed by atoms with Crippen molar-refractivity contribution in [2.45, 2.75) is 13.0 Å². The number of hydrogen-bond donors (Lipinski definition) is 2. The van der Waals surface area contributed by atoms with Crippen LogP contribution in [0, 0.1) is 0 Å². The highest BCUT2D eigenvalue weighted by Gasteiger charge is 2.15. The fourth-order valence-corrected chi connectivity index (χ4v) is 2.65. The van der Waals surface area contributed by atoms with Crippen molar-refractivity contribution in [3.8, 4) is 11.5 Å². The van der Waals surface area contributed by atoms with Gasteiger partial charge in [0.2, 0.25) is 0 Å². The quantitative estimate of drug-likeness (QED) is 0.629. The predicted octanol–water partition coefficient (Wildman–Crippen LogP) is 4.35. The summed E-state index contributed by atoms with van der Waals surface area (Å²) in [5.41, 5.74) is 1.62. The summed E-state index contributed by atoms with van der Waals surface area (Å²) in [5, 5.41) is 5.59. The zero-order valence-electron chi connectivity index (χ0n) is 16.2. The zero-order valence-corrected chi connectivity index (χ0v) is 16.2. The predicted molar refractivity (Wildman–Crippen MR) is 113 cm³/mol. The molecule has 3 aromatic rings. The summed E-state index contributed by atoms with van der Waals surface area (Å²) in [6.07, 6.45) is -0.661. The molecule has 0 radical (unpaired) electrons. The second-order valence-electron chi connectivity index (χ2n) is 6.29. The van der Waals surface area contributed by atoms with Crippen LogP contribution in [0.1, 0.15) is 17.3 Å². The average Bonchev–Trinajstić information content (AvgIpc) is 2.75. The molecular weight excluding hydrogens is 368 g/mol. The molecule has 0 aliphatic carbocycles. The van der Waals surface area contributed by atoms with Crippen LogP contribution in [-0.2, 0) is 4.79 Å². The van der Waals surface area contributed by atoms with E-state index in [0.717, 1.165) is 0 Å². The number of nitrogens with one attached hydrogen (secondary N) is 2. The van der Waals surface area contributed by atoms with Crippen molar-refractivity contribution >= 4 is 23.2 Å². The first-order chi connectivity index (χ1) is 14.1. The lowest BCUT2D eigenvalue weighted by Gasteiger charge is -2.15. The zero-order chi connectivity index (χ0) is 20.6. The summed E-state index contributed by atoms with van der Waals surface area (Å²) in [6.45, 7) is 1.68. The van der Waals surface area contributed by atoms with Gasteiger partial charge < -0.3 is 20.1 Å². The monoisotopic (exact) mass is 390 g/mol. The van der Waals surface area contributed by atoms with Gasteiger partial charge in [-0.3, -0.25) is 9.59 Å². The van der Waals surface area contributed by atoms with Crippen LogP contribution in [0.15, 0.2) is 78.9 Å². The van der Waals surface area contributed by atoms with E-state index in [1.807, 2.05) is 30.3 Å². The lowest BCUT2D eigenvalue weighted by Crippen LogP contribution is -2.30. The van der Waals surface area contributed by atoms with Crippen molar-refractivity contribution in [2.24, 2.45) is 0 Å². The molecule has 3 rings (SSSR count). The molecule has 1 atom stereocenters. The normalized spacial score (nSPS) is 11.2. The molecule has 0 fully saturated rings. The van der Waals surface area contributed by atoms with Crippen molar-refractivity contribution < 1.29 is 19.1 Å². The largest absolute Gasteiger partial charge is 0.495 e. The molecule has 0 heterocycles. The third kappa shape index (κ3) is 5.35. The van der Waals surface area contributed by atoms with Gasteiger partial charge in [-0.2, -0.15) is 0 Å². The molecule has 0 saturated heterocycles. The smallest absolute Gasteiger partial charge is 0.265 e. The van der Waals surface area contributed by atoms with Gasteiger partial charge in [0.1, 0.15) is 11.5 Å². The SMILES string of the molecule is COc1ccccc1NC(=O)c1ccc(NC(=O)C(C)Oc2ccccc2)cc1. The number of carbonyl (C=O) groups is 2. The second-order valence-corrected chi connectivity index (χ2v) is 6.29. The molecule has 2 amide bonds. The first kappa shape index (κ1) is 19.9. The third-order valence-corrected chi connectivity index (χ3v) is 4.20. The number of anilines is 2. The van der Waals surface area contributed by atoms with Gasteiger partial charge in [-0.25, -0.2) is 0 Å². The average molecular weight is 390 g/mol. The standard InChI is InChI=1S/C23H22N2O4/c1-16(29-19-8-4-3-5-9-19)22(26)24-18-14-12-17(13-15-18)23(27)25-20-10-6-7-11-21(20)28-2/h3-16H,1-2H3,(H,24,26)(H,25,27). The first-order valence-corrected chi connectivity index (χ1v) is 9.14. The van der Waals surface area contributed by atoms with Gasteiger partial charge in [-0.05, 0) is 55.5 Å². The molecule has 148 valence electrons. The van der Waals surface area contributed by atoms with E-state index < -0.39 is 6.10 Å². The van der Waals surface area contributed by atoms with E-state index in [1.54, 1.807) is 62.6 Å². The van der Waals surface area contributed by atoms with Crippen molar-refractivity contribution in [1.82, 2.24) is 0 Å². The lowest BCUT2D eigenvalue weighted by atomic mass is 10.2. The Bertz CT molecular complexity index is 972. The highest BCUT2D eigenvalue weighted by Crippen LogP contribution is 2.24. The number of para-hydroxylation sites is 3. The number of hydrogen-bond acceptors (Lipinski definition) is 4. The summed E-state index contributed by atoms with van der Waals surface area (Å²) in [5.74, 6) is 0.656. The van der Waals surface area contributed by atoms with Crippen molar-refractivity contribution in [2.75, 3.05) is 17.7 Å². The van der Waals surface area contributed by atoms with E-state index in [-0.39, 0.29) is 11.8 Å². The molecule has 2 N–H and O–H groups in total. The summed E-state index contributed by atoms with van der Waals surface area (Å²) in [7, 11) is 1.55. The highest BCUT2D eigenvalue weighted by molar-refractivity contribution is 6.05. The Labute approximate surface area is 169 Å². The molecule has 3 aromatic carbocycles. The Morgan fingerprint density at radius 3 is 2.17 bits per heavy atom. The topological polar surface area (TPSA) is 76.7 Å². The van der Waals surface area contributed by atoms with Crippen molar-refractivity contribution in [1.29, 1.82) is 0 Å². The summed E-state index contributed by atoms with van der Waals surface area (Å²) in [6, 6.07) is 22.9. The van der Waals surface area contributed by atoms with Crippen LogP contribution < -0.4 is 20.1 Å². The molecule has 0 aliphatic heterocycles. The van der Waals surface area contributed by atoms with Crippen LogP contribution in [0.4, 0.5) is 11.4 Å². The molecule has 0 spiro atoms. The Morgan fingerprint density at radius 2 is 1.48 bits per heavy atom. The van der Waals surface area contributed by atoms with Gasteiger partial charge in [0.15, 0.2) is 6.10 Å². The summed E-state index contributed by atoms with van der Waals surface area (Å²) >= 11 is 0. The van der Waals surface area contributed by atoms with Crippen LogP contribution in [0.5, 0.6) is 11.5 Å². The van der Waals surface area contributed by atoms with Crippen LogP contribution >= 0.6 is 0 Å². The Hall–Kier alpha value is -3.80. The molecule has 0 bridgehead atoms. The van der Waals surface area contributed by atoms with Gasteiger partial charge >= 0.3 is 0 Å². The number of amides is 2. The second kappa shape index (κ2) is 9.41. The van der Waals surface area contributed by atoms with Gasteiger partial charge in [0, 0.05) is 11.3 Å². The van der Waals surface area contributed by atoms with Crippen molar-refractivity contribution in [3.05, 3.63) is 84.4 Å². The maximum Gasteiger partial charge on any atom is 0.265 e. The molecule has 0 aliphatic rings. The van der Waals surface area contributed by atoms with E-state index in [9.17, 15) is 9.59 Å². The molecule has 6 nitrogen and oxygen atoms in total. The minimum Gasteiger partial charge on any atom is -0.495 e. The lowest BCUT2D eigenvalue weighted by molar-refractivity contribution is -0.122. The maximum atomic E-state index is 12.5. The maximum absolute atomic E-state index is 12.5. The third-order valence-electron chi connectivity index (χ3n) is 4.20. The van der Waals surface area contributed by atoms with Crippen LogP contribution in [0.25, 0.3) is 0 Å². The highest BCUT2D eigenvalue weighted by atomic mass is 16.5. The first-order valence-electron chi connectivity index (χ1n) is 9.14. The summed E-state index contributed by atoms with van der Waals surface area (Å²) in [4.78, 5) is 24.8. The minimum atomic E-state index is -0.661. The molecule has 6 heteroatoms. The van der Waals surface area contributed by atoms with Gasteiger partial charge in [0.25, 0.3) is 11.8 Å². The molecule has 1 unspecified atom stereocenters. The molecule has 0 saturated carbocycles. The van der Waals surface area contributed by atoms with E-state index in [1.165, 1.54) is 0 Å². The summed E-state index contributed by atoms with van der Waals surface area (Å²) < 4.78 is 10.8. The Balaban J connectivity index is 1.59. The van der Waals surface area contributed by atoms with E-state index in [4.69, 9.17) is 9.47 Å². The van der Waals surface area contributed by atoms with E-state index >= 15 is 0 Å². The van der Waals surface area contributed by atoms with E-state index in [2.05, 4.69) is 10.6 Å².